The van der Waals surface area contributed by atoms with Crippen LogP contribution >= 0.6 is 0 Å². The monoisotopic (exact) mass is 256 g/mol. The largest absolute Gasteiger partial charge is 0.346 e. The first-order valence-electron chi connectivity index (χ1n) is 6.55. The molecule has 1 amide bonds. The second-order valence-corrected chi connectivity index (χ2v) is 4.79. The van der Waals surface area contributed by atoms with E-state index in [2.05, 4.69) is 32.6 Å². The van der Waals surface area contributed by atoms with Crippen molar-refractivity contribution in [2.24, 2.45) is 0 Å². The number of benzene rings is 1. The fourth-order valence-corrected chi connectivity index (χ4v) is 2.21. The lowest BCUT2D eigenvalue weighted by molar-refractivity contribution is 0.0940. The third-order valence-corrected chi connectivity index (χ3v) is 3.40. The van der Waals surface area contributed by atoms with E-state index in [0.29, 0.717) is 5.92 Å². The van der Waals surface area contributed by atoms with Gasteiger partial charge in [-0.1, -0.05) is 37.3 Å². The molecule has 0 bridgehead atoms. The third-order valence-electron chi connectivity index (χ3n) is 3.40. The van der Waals surface area contributed by atoms with Gasteiger partial charge < -0.3 is 5.32 Å². The molecule has 0 aliphatic heterocycles. The topological polar surface area (TPSA) is 70.7 Å². The first kappa shape index (κ1) is 11.9. The van der Waals surface area contributed by atoms with E-state index in [1.165, 1.54) is 5.56 Å². The summed E-state index contributed by atoms with van der Waals surface area (Å²) < 4.78 is 0. The number of carbonyl (C=O) groups excluding carboxylic acids is 1. The molecule has 2 N–H and O–H groups in total. The lowest BCUT2D eigenvalue weighted by Gasteiger charge is -2.01. The zero-order valence-corrected chi connectivity index (χ0v) is 10.8. The number of aromatic amines is 1. The maximum absolute atomic E-state index is 11.9. The van der Waals surface area contributed by atoms with Crippen molar-refractivity contribution in [2.45, 2.75) is 31.7 Å². The van der Waals surface area contributed by atoms with Crippen LogP contribution in [0.2, 0.25) is 0 Å². The van der Waals surface area contributed by atoms with E-state index >= 15 is 0 Å². The van der Waals surface area contributed by atoms with Crippen LogP contribution in [0, 0.1) is 0 Å². The van der Waals surface area contributed by atoms with E-state index in [0.717, 1.165) is 18.7 Å². The Kier molecular flexibility index (Phi) is 3.03. The van der Waals surface area contributed by atoms with E-state index in [9.17, 15) is 4.79 Å². The van der Waals surface area contributed by atoms with E-state index in [1.807, 2.05) is 25.1 Å². The highest BCUT2D eigenvalue weighted by Gasteiger charge is 2.39. The number of rotatable bonds is 4. The van der Waals surface area contributed by atoms with Crippen LogP contribution in [0.3, 0.4) is 0 Å². The van der Waals surface area contributed by atoms with Crippen LogP contribution in [0.25, 0.3) is 0 Å². The average Bonchev–Trinajstić information content (AvgIpc) is 3.04. The molecule has 2 atom stereocenters. The molecule has 2 aromatic rings. The van der Waals surface area contributed by atoms with Crippen LogP contribution in [-0.4, -0.2) is 27.1 Å². The molecule has 1 aliphatic carbocycles. The molecule has 0 saturated heterocycles. The lowest BCUT2D eigenvalue weighted by Crippen LogP contribution is -2.27. The molecule has 2 unspecified atom stereocenters. The Morgan fingerprint density at radius 3 is 2.89 bits per heavy atom. The van der Waals surface area contributed by atoms with Gasteiger partial charge in [0.25, 0.3) is 5.91 Å². The molecule has 5 heteroatoms. The summed E-state index contributed by atoms with van der Waals surface area (Å²) in [4.78, 5) is 16.1. The smallest absolute Gasteiger partial charge is 0.291 e. The molecule has 0 spiro atoms. The predicted molar refractivity (Wildman–Crippen MR) is 70.8 cm³/mol. The Labute approximate surface area is 111 Å². The molecular formula is C14H16N4O. The van der Waals surface area contributed by atoms with Crippen molar-refractivity contribution in [3.63, 3.8) is 0 Å². The molecule has 3 rings (SSSR count). The maximum atomic E-state index is 11.9. The highest BCUT2D eigenvalue weighted by molar-refractivity contribution is 5.90. The number of carbonyl (C=O) groups is 1. The van der Waals surface area contributed by atoms with Gasteiger partial charge in [-0.05, 0) is 12.0 Å². The Hall–Kier alpha value is -2.17. The molecule has 19 heavy (non-hydrogen) atoms. The van der Waals surface area contributed by atoms with Gasteiger partial charge in [0, 0.05) is 18.4 Å². The Morgan fingerprint density at radius 2 is 2.21 bits per heavy atom. The minimum absolute atomic E-state index is 0.195. The minimum atomic E-state index is -0.195. The van der Waals surface area contributed by atoms with E-state index in [1.54, 1.807) is 0 Å². The van der Waals surface area contributed by atoms with Crippen molar-refractivity contribution in [2.75, 3.05) is 0 Å². The Bertz CT molecular complexity index is 578. The SMILES string of the molecule is CCc1nc(C(=O)NC2CC2c2ccccc2)n[nH]1. The number of aromatic nitrogens is 3. The van der Waals surface area contributed by atoms with Crippen LogP contribution in [-0.2, 0) is 6.42 Å². The molecule has 1 aliphatic rings. The van der Waals surface area contributed by atoms with Crippen molar-refractivity contribution in [3.05, 3.63) is 47.5 Å². The number of amides is 1. The Balaban J connectivity index is 1.60. The summed E-state index contributed by atoms with van der Waals surface area (Å²) in [6.45, 7) is 1.97. The summed E-state index contributed by atoms with van der Waals surface area (Å²) in [5, 5.41) is 9.64. The highest BCUT2D eigenvalue weighted by atomic mass is 16.2. The summed E-state index contributed by atoms with van der Waals surface area (Å²) in [5.74, 6) is 1.20. The fraction of sp³-hybridized carbons (Fsp3) is 0.357. The fourth-order valence-electron chi connectivity index (χ4n) is 2.21. The normalized spacial score (nSPS) is 21.1. The van der Waals surface area contributed by atoms with Gasteiger partial charge in [-0.15, -0.1) is 5.10 Å². The van der Waals surface area contributed by atoms with Crippen LogP contribution in [0.15, 0.2) is 30.3 Å². The second-order valence-electron chi connectivity index (χ2n) is 4.79. The number of nitrogens with one attached hydrogen (secondary N) is 2. The van der Waals surface area contributed by atoms with Gasteiger partial charge in [0.05, 0.1) is 0 Å². The highest BCUT2D eigenvalue weighted by Crippen LogP contribution is 2.40. The van der Waals surface area contributed by atoms with Crippen molar-refractivity contribution < 1.29 is 4.79 Å². The first-order valence-corrected chi connectivity index (χ1v) is 6.55. The Morgan fingerprint density at radius 1 is 1.42 bits per heavy atom. The molecule has 98 valence electrons. The van der Waals surface area contributed by atoms with Gasteiger partial charge in [-0.2, -0.15) is 0 Å². The summed E-state index contributed by atoms with van der Waals surface area (Å²) in [5.41, 5.74) is 1.28. The molecule has 1 saturated carbocycles. The van der Waals surface area contributed by atoms with Gasteiger partial charge >= 0.3 is 0 Å². The van der Waals surface area contributed by atoms with Gasteiger partial charge in [0.2, 0.25) is 5.82 Å². The molecule has 1 aromatic heterocycles. The predicted octanol–water partition coefficient (Wildman–Crippen LogP) is 1.65. The molecule has 0 radical (unpaired) electrons. The lowest BCUT2D eigenvalue weighted by atomic mass is 10.1. The van der Waals surface area contributed by atoms with Crippen molar-refractivity contribution in [1.82, 2.24) is 20.5 Å². The van der Waals surface area contributed by atoms with Crippen molar-refractivity contribution in [3.8, 4) is 0 Å². The standard InChI is InChI=1S/C14H16N4O/c1-2-12-16-13(18-17-12)14(19)15-11-8-10(11)9-6-4-3-5-7-9/h3-7,10-11H,2,8H2,1H3,(H,15,19)(H,16,17,18). The molecule has 5 nitrogen and oxygen atoms in total. The third kappa shape index (κ3) is 2.50. The van der Waals surface area contributed by atoms with Crippen molar-refractivity contribution in [1.29, 1.82) is 0 Å². The zero-order valence-electron chi connectivity index (χ0n) is 10.8. The summed E-state index contributed by atoms with van der Waals surface area (Å²) >= 11 is 0. The average molecular weight is 256 g/mol. The van der Waals surface area contributed by atoms with E-state index < -0.39 is 0 Å². The number of H-pyrrole nitrogens is 1. The zero-order chi connectivity index (χ0) is 13.2. The van der Waals surface area contributed by atoms with Gasteiger partial charge in [-0.3, -0.25) is 9.89 Å². The molecular weight excluding hydrogens is 240 g/mol. The van der Waals surface area contributed by atoms with Gasteiger partial charge in [0.1, 0.15) is 5.82 Å². The number of hydrogen-bond acceptors (Lipinski definition) is 3. The van der Waals surface area contributed by atoms with Gasteiger partial charge in [-0.25, -0.2) is 4.98 Å². The van der Waals surface area contributed by atoms with Crippen LogP contribution in [0.1, 0.15) is 41.3 Å². The minimum Gasteiger partial charge on any atom is -0.346 e. The first-order chi connectivity index (χ1) is 9.28. The summed E-state index contributed by atoms with van der Waals surface area (Å²) in [6, 6.07) is 10.4. The summed E-state index contributed by atoms with van der Waals surface area (Å²) in [7, 11) is 0. The number of hydrogen-bond donors (Lipinski definition) is 2. The maximum Gasteiger partial charge on any atom is 0.291 e. The number of nitrogens with zero attached hydrogens (tertiary/aromatic N) is 2. The van der Waals surface area contributed by atoms with Crippen LogP contribution in [0.5, 0.6) is 0 Å². The molecule has 1 aromatic carbocycles. The van der Waals surface area contributed by atoms with Crippen LogP contribution < -0.4 is 5.32 Å². The number of aryl methyl sites for hydroxylation is 1. The molecule has 1 heterocycles. The second kappa shape index (κ2) is 4.84. The van der Waals surface area contributed by atoms with Crippen LogP contribution in [0.4, 0.5) is 0 Å². The quantitative estimate of drug-likeness (QED) is 0.873. The summed E-state index contributed by atoms with van der Waals surface area (Å²) in [6.07, 6.45) is 1.73. The van der Waals surface area contributed by atoms with Gasteiger partial charge in [0.15, 0.2) is 0 Å². The van der Waals surface area contributed by atoms with Crippen molar-refractivity contribution >= 4 is 5.91 Å². The van der Waals surface area contributed by atoms with E-state index in [4.69, 9.17) is 0 Å². The van der Waals surface area contributed by atoms with E-state index in [-0.39, 0.29) is 17.8 Å². The molecule has 1 fully saturated rings.